The van der Waals surface area contributed by atoms with Gasteiger partial charge in [-0.2, -0.15) is 22.7 Å². The van der Waals surface area contributed by atoms with Gasteiger partial charge in [-0.15, -0.1) is 0 Å². The van der Waals surface area contributed by atoms with Crippen LogP contribution in [0.5, 0.6) is 0 Å². The molecule has 7 heteroatoms. The van der Waals surface area contributed by atoms with E-state index in [0.717, 1.165) is 12.8 Å². The predicted molar refractivity (Wildman–Crippen MR) is 87.6 cm³/mol. The van der Waals surface area contributed by atoms with Gasteiger partial charge in [0.2, 0.25) is 0 Å². The number of nitrogens with zero attached hydrogens (tertiary/aromatic N) is 3. The van der Waals surface area contributed by atoms with E-state index in [-0.39, 0.29) is 6.04 Å². The summed E-state index contributed by atoms with van der Waals surface area (Å²) in [5, 5.41) is 8.86. The maximum atomic E-state index is 12.5. The third kappa shape index (κ3) is 3.83. The van der Waals surface area contributed by atoms with E-state index in [4.69, 9.17) is 5.26 Å². The van der Waals surface area contributed by atoms with Gasteiger partial charge in [-0.25, -0.2) is 0 Å². The van der Waals surface area contributed by atoms with Crippen LogP contribution in [0.15, 0.2) is 30.3 Å². The number of piperidine rings is 1. The molecule has 0 amide bonds. The number of rotatable bonds is 4. The van der Waals surface area contributed by atoms with Crippen molar-refractivity contribution in [3.05, 3.63) is 35.9 Å². The standard InChI is InChI=1S/C16H22N4O2S/c17-13-19-9-8-16(12-19)18-23(21,22)20-10-6-15(7-11-20)14-4-2-1-3-5-14/h1-5,15-16,18H,6-12H2. The number of nitriles is 1. The Bertz CT molecular complexity index is 663. The molecule has 124 valence electrons. The van der Waals surface area contributed by atoms with E-state index in [1.807, 2.05) is 18.2 Å². The second-order valence-electron chi connectivity index (χ2n) is 6.24. The maximum absolute atomic E-state index is 12.5. The topological polar surface area (TPSA) is 76.4 Å². The highest BCUT2D eigenvalue weighted by atomic mass is 32.2. The fourth-order valence-corrected chi connectivity index (χ4v) is 4.84. The van der Waals surface area contributed by atoms with E-state index in [1.165, 1.54) is 5.56 Å². The lowest BCUT2D eigenvalue weighted by Gasteiger charge is -2.32. The molecule has 1 aromatic carbocycles. The summed E-state index contributed by atoms with van der Waals surface area (Å²) in [4.78, 5) is 1.59. The molecule has 0 aromatic heterocycles. The van der Waals surface area contributed by atoms with Gasteiger partial charge in [0.25, 0.3) is 10.2 Å². The Morgan fingerprint density at radius 1 is 1.09 bits per heavy atom. The monoisotopic (exact) mass is 334 g/mol. The molecular weight excluding hydrogens is 312 g/mol. The summed E-state index contributed by atoms with van der Waals surface area (Å²) in [6.45, 7) is 2.18. The number of likely N-dealkylation sites (tertiary alicyclic amines) is 1. The van der Waals surface area contributed by atoms with Crippen LogP contribution in [0.1, 0.15) is 30.7 Å². The van der Waals surface area contributed by atoms with Crippen molar-refractivity contribution >= 4 is 10.2 Å². The van der Waals surface area contributed by atoms with E-state index in [2.05, 4.69) is 23.0 Å². The van der Waals surface area contributed by atoms with E-state index >= 15 is 0 Å². The molecule has 0 bridgehead atoms. The van der Waals surface area contributed by atoms with Crippen molar-refractivity contribution in [3.8, 4) is 6.19 Å². The van der Waals surface area contributed by atoms with Gasteiger partial charge in [0.05, 0.1) is 0 Å². The van der Waals surface area contributed by atoms with Gasteiger partial charge in [-0.3, -0.25) is 0 Å². The van der Waals surface area contributed by atoms with Crippen LogP contribution in [0.2, 0.25) is 0 Å². The van der Waals surface area contributed by atoms with Crippen LogP contribution in [0.25, 0.3) is 0 Å². The SMILES string of the molecule is N#CN1CCC(NS(=O)(=O)N2CCC(c3ccccc3)CC2)C1. The number of hydrogen-bond donors (Lipinski definition) is 1. The van der Waals surface area contributed by atoms with Crippen molar-refractivity contribution in [3.63, 3.8) is 0 Å². The summed E-state index contributed by atoms with van der Waals surface area (Å²) >= 11 is 0. The summed E-state index contributed by atoms with van der Waals surface area (Å²) in [5.74, 6) is 0.434. The van der Waals surface area contributed by atoms with E-state index in [9.17, 15) is 8.42 Å². The second-order valence-corrected chi connectivity index (χ2v) is 7.94. The van der Waals surface area contributed by atoms with E-state index in [0.29, 0.717) is 38.5 Å². The van der Waals surface area contributed by atoms with Crippen LogP contribution < -0.4 is 4.72 Å². The maximum Gasteiger partial charge on any atom is 0.279 e. The van der Waals surface area contributed by atoms with Gasteiger partial charge in [-0.05, 0) is 30.7 Å². The summed E-state index contributed by atoms with van der Waals surface area (Å²) in [7, 11) is -3.46. The Labute approximate surface area is 137 Å². The second kappa shape index (κ2) is 6.87. The smallest absolute Gasteiger partial charge is 0.279 e. The lowest BCUT2D eigenvalue weighted by Crippen LogP contribution is -2.48. The molecule has 2 aliphatic rings. The van der Waals surface area contributed by atoms with Crippen LogP contribution >= 0.6 is 0 Å². The van der Waals surface area contributed by atoms with Gasteiger partial charge >= 0.3 is 0 Å². The normalized spacial score (nSPS) is 23.8. The minimum Gasteiger partial charge on any atom is -0.309 e. The molecule has 2 heterocycles. The first kappa shape index (κ1) is 16.2. The molecule has 0 radical (unpaired) electrons. The summed E-state index contributed by atoms with van der Waals surface area (Å²) in [6.07, 6.45) is 4.45. The first-order valence-electron chi connectivity index (χ1n) is 8.05. The van der Waals surface area contributed by atoms with Crippen LogP contribution in [-0.2, 0) is 10.2 Å². The van der Waals surface area contributed by atoms with Gasteiger partial charge in [0.1, 0.15) is 0 Å². The largest absolute Gasteiger partial charge is 0.309 e. The number of benzene rings is 1. The molecule has 23 heavy (non-hydrogen) atoms. The first-order chi connectivity index (χ1) is 11.1. The van der Waals surface area contributed by atoms with Crippen molar-refractivity contribution in [1.29, 1.82) is 5.26 Å². The molecule has 1 N–H and O–H groups in total. The molecular formula is C16H22N4O2S. The third-order valence-corrected chi connectivity index (χ3v) is 6.39. The van der Waals surface area contributed by atoms with Crippen molar-refractivity contribution in [1.82, 2.24) is 13.9 Å². The molecule has 1 aromatic rings. The van der Waals surface area contributed by atoms with Crippen molar-refractivity contribution < 1.29 is 8.42 Å². The third-order valence-electron chi connectivity index (χ3n) is 4.71. The minimum atomic E-state index is -3.46. The molecule has 0 saturated carbocycles. The Balaban J connectivity index is 1.55. The van der Waals surface area contributed by atoms with Crippen LogP contribution in [-0.4, -0.2) is 49.8 Å². The average molecular weight is 334 g/mol. The van der Waals surface area contributed by atoms with Gasteiger partial charge < -0.3 is 4.90 Å². The Morgan fingerprint density at radius 3 is 2.39 bits per heavy atom. The van der Waals surface area contributed by atoms with Gasteiger partial charge in [0, 0.05) is 32.2 Å². The molecule has 1 atom stereocenters. The molecule has 2 aliphatic heterocycles. The summed E-state index contributed by atoms with van der Waals surface area (Å²) in [6, 6.07) is 10.1. The van der Waals surface area contributed by atoms with Gasteiger partial charge in [0.15, 0.2) is 6.19 Å². The van der Waals surface area contributed by atoms with Crippen LogP contribution in [0, 0.1) is 11.5 Å². The molecule has 1 unspecified atom stereocenters. The quantitative estimate of drug-likeness (QED) is 0.841. The lowest BCUT2D eigenvalue weighted by molar-refractivity contribution is 0.313. The zero-order valence-electron chi connectivity index (χ0n) is 13.1. The van der Waals surface area contributed by atoms with E-state index in [1.54, 1.807) is 9.21 Å². The zero-order chi connectivity index (χ0) is 16.3. The zero-order valence-corrected chi connectivity index (χ0v) is 13.9. The highest BCUT2D eigenvalue weighted by molar-refractivity contribution is 7.87. The fourth-order valence-electron chi connectivity index (χ4n) is 3.39. The fraction of sp³-hybridized carbons (Fsp3) is 0.562. The Morgan fingerprint density at radius 2 is 1.78 bits per heavy atom. The Kier molecular flexibility index (Phi) is 4.85. The van der Waals surface area contributed by atoms with Gasteiger partial charge in [-0.1, -0.05) is 30.3 Å². The van der Waals surface area contributed by atoms with Crippen molar-refractivity contribution in [2.45, 2.75) is 31.2 Å². The summed E-state index contributed by atoms with van der Waals surface area (Å²) < 4.78 is 29.3. The lowest BCUT2D eigenvalue weighted by atomic mass is 9.90. The Hall–Kier alpha value is -1.62. The summed E-state index contributed by atoms with van der Waals surface area (Å²) in [5.41, 5.74) is 1.29. The highest BCUT2D eigenvalue weighted by Crippen LogP contribution is 2.28. The van der Waals surface area contributed by atoms with Crippen LogP contribution in [0.4, 0.5) is 0 Å². The predicted octanol–water partition coefficient (Wildman–Crippen LogP) is 1.26. The van der Waals surface area contributed by atoms with Crippen LogP contribution in [0.3, 0.4) is 0 Å². The highest BCUT2D eigenvalue weighted by Gasteiger charge is 2.32. The number of nitrogens with one attached hydrogen (secondary N) is 1. The number of hydrogen-bond acceptors (Lipinski definition) is 4. The first-order valence-corrected chi connectivity index (χ1v) is 9.49. The molecule has 2 fully saturated rings. The minimum absolute atomic E-state index is 0.161. The molecule has 3 rings (SSSR count). The molecule has 0 aliphatic carbocycles. The van der Waals surface area contributed by atoms with E-state index < -0.39 is 10.2 Å². The average Bonchev–Trinajstić information content (AvgIpc) is 3.03. The molecule has 2 saturated heterocycles. The van der Waals surface area contributed by atoms with Crippen molar-refractivity contribution in [2.75, 3.05) is 26.2 Å². The van der Waals surface area contributed by atoms with Crippen molar-refractivity contribution in [2.24, 2.45) is 0 Å². The molecule has 6 nitrogen and oxygen atoms in total. The molecule has 0 spiro atoms.